The number of rotatable bonds is 8. The van der Waals surface area contributed by atoms with Gasteiger partial charge in [-0.1, -0.05) is 32.8 Å². The lowest BCUT2D eigenvalue weighted by atomic mass is 10.2. The van der Waals surface area contributed by atoms with Gasteiger partial charge in [0.1, 0.15) is 0 Å². The van der Waals surface area contributed by atoms with Crippen molar-refractivity contribution in [2.45, 2.75) is 70.2 Å². The molecule has 162 valence electrons. The van der Waals surface area contributed by atoms with E-state index in [0.29, 0.717) is 47.7 Å². The number of nitrogens with zero attached hydrogens (tertiary/aromatic N) is 2. The molecule has 1 aliphatic carbocycles. The quantitative estimate of drug-likeness (QED) is 0.696. The van der Waals surface area contributed by atoms with E-state index in [0.717, 1.165) is 45.1 Å². The van der Waals surface area contributed by atoms with Gasteiger partial charge in [-0.25, -0.2) is 8.42 Å². The Labute approximate surface area is 175 Å². The van der Waals surface area contributed by atoms with Crippen LogP contribution in [0.1, 0.15) is 57.9 Å². The lowest BCUT2D eigenvalue weighted by molar-refractivity contribution is -0.117. The van der Waals surface area contributed by atoms with Crippen LogP contribution in [0.15, 0.2) is 23.1 Å². The first-order valence-electron chi connectivity index (χ1n) is 10.9. The van der Waals surface area contributed by atoms with E-state index in [1.54, 1.807) is 22.5 Å². The van der Waals surface area contributed by atoms with E-state index in [1.807, 2.05) is 6.92 Å². The van der Waals surface area contributed by atoms with E-state index >= 15 is 0 Å². The molecule has 0 aromatic heterocycles. The van der Waals surface area contributed by atoms with Crippen molar-refractivity contribution in [1.29, 1.82) is 0 Å². The summed E-state index contributed by atoms with van der Waals surface area (Å²) in [6, 6.07) is 5.71. The molecule has 6 nitrogen and oxygen atoms in total. The van der Waals surface area contributed by atoms with Crippen LogP contribution in [0.5, 0.6) is 0 Å². The summed E-state index contributed by atoms with van der Waals surface area (Å²) < 4.78 is 28.0. The molecule has 7 heteroatoms. The summed E-state index contributed by atoms with van der Waals surface area (Å²) in [5, 5.41) is 2.92. The molecule has 29 heavy (non-hydrogen) atoms. The fraction of sp³-hybridized carbons (Fsp3) is 0.682. The van der Waals surface area contributed by atoms with Gasteiger partial charge >= 0.3 is 0 Å². The first kappa shape index (κ1) is 22.2. The van der Waals surface area contributed by atoms with Crippen molar-refractivity contribution in [2.75, 3.05) is 31.5 Å². The van der Waals surface area contributed by atoms with Gasteiger partial charge in [0, 0.05) is 31.4 Å². The van der Waals surface area contributed by atoms with Crippen molar-refractivity contribution in [1.82, 2.24) is 9.21 Å². The van der Waals surface area contributed by atoms with Crippen LogP contribution < -0.4 is 5.32 Å². The van der Waals surface area contributed by atoms with Crippen LogP contribution in [0.4, 0.5) is 5.69 Å². The molecule has 3 rings (SSSR count). The average molecular weight is 422 g/mol. The number of aryl methyl sites for hydroxylation is 1. The highest BCUT2D eigenvalue weighted by molar-refractivity contribution is 7.89. The summed E-state index contributed by atoms with van der Waals surface area (Å²) in [4.78, 5) is 15.2. The van der Waals surface area contributed by atoms with Gasteiger partial charge in [-0.05, 0) is 56.2 Å². The van der Waals surface area contributed by atoms with Gasteiger partial charge in [0.15, 0.2) is 0 Å². The van der Waals surface area contributed by atoms with Crippen molar-refractivity contribution in [3.63, 3.8) is 0 Å². The minimum atomic E-state index is -3.55. The third kappa shape index (κ3) is 6.03. The predicted molar refractivity (Wildman–Crippen MR) is 116 cm³/mol. The van der Waals surface area contributed by atoms with Gasteiger partial charge in [0.05, 0.1) is 11.4 Å². The lowest BCUT2D eigenvalue weighted by Crippen LogP contribution is -2.37. The zero-order valence-electron chi connectivity index (χ0n) is 18.0. The SMILES string of the molecule is Cc1ccc(NC(=O)CN(CC(C)C)C2CC2)cc1S(=O)(=O)N1CCCCCC1. The molecule has 1 saturated carbocycles. The smallest absolute Gasteiger partial charge is 0.243 e. The number of carbonyl (C=O) groups excluding carboxylic acids is 1. The Kier molecular flexibility index (Phi) is 7.35. The van der Waals surface area contributed by atoms with E-state index < -0.39 is 10.0 Å². The Morgan fingerprint density at radius 2 is 1.83 bits per heavy atom. The molecule has 2 fully saturated rings. The highest BCUT2D eigenvalue weighted by atomic mass is 32.2. The number of hydrogen-bond donors (Lipinski definition) is 1. The summed E-state index contributed by atoms with van der Waals surface area (Å²) in [7, 11) is -3.55. The van der Waals surface area contributed by atoms with E-state index in [1.165, 1.54) is 0 Å². The number of amides is 1. The third-order valence-corrected chi connectivity index (χ3v) is 7.71. The van der Waals surface area contributed by atoms with Gasteiger partial charge in [0.2, 0.25) is 15.9 Å². The lowest BCUT2D eigenvalue weighted by Gasteiger charge is -2.24. The molecule has 1 amide bonds. The second-order valence-corrected chi connectivity index (χ2v) is 10.8. The highest BCUT2D eigenvalue weighted by Gasteiger charge is 2.31. The maximum Gasteiger partial charge on any atom is 0.243 e. The van der Waals surface area contributed by atoms with Crippen molar-refractivity contribution < 1.29 is 13.2 Å². The molecule has 2 aliphatic rings. The third-order valence-electron chi connectivity index (χ3n) is 5.66. The number of benzene rings is 1. The van der Waals surface area contributed by atoms with E-state index in [-0.39, 0.29) is 5.91 Å². The first-order valence-corrected chi connectivity index (χ1v) is 12.4. The molecule has 1 aromatic carbocycles. The molecular weight excluding hydrogens is 386 g/mol. The van der Waals surface area contributed by atoms with Gasteiger partial charge < -0.3 is 5.32 Å². The number of anilines is 1. The number of sulfonamides is 1. The first-order chi connectivity index (χ1) is 13.8. The van der Waals surface area contributed by atoms with Crippen LogP contribution in [-0.2, 0) is 14.8 Å². The molecule has 1 aromatic rings. The van der Waals surface area contributed by atoms with Crippen LogP contribution in [0.3, 0.4) is 0 Å². The van der Waals surface area contributed by atoms with Gasteiger partial charge in [-0.15, -0.1) is 0 Å². The van der Waals surface area contributed by atoms with Gasteiger partial charge in [-0.2, -0.15) is 4.31 Å². The van der Waals surface area contributed by atoms with Gasteiger partial charge in [0.25, 0.3) is 0 Å². The fourth-order valence-electron chi connectivity index (χ4n) is 4.01. The van der Waals surface area contributed by atoms with Crippen LogP contribution in [0, 0.1) is 12.8 Å². The summed E-state index contributed by atoms with van der Waals surface area (Å²) >= 11 is 0. The van der Waals surface area contributed by atoms with E-state index in [4.69, 9.17) is 0 Å². The molecule has 0 bridgehead atoms. The molecule has 1 saturated heterocycles. The minimum absolute atomic E-state index is 0.0838. The van der Waals surface area contributed by atoms with Crippen LogP contribution in [0.25, 0.3) is 0 Å². The summed E-state index contributed by atoms with van der Waals surface area (Å²) in [6.07, 6.45) is 6.28. The highest BCUT2D eigenvalue weighted by Crippen LogP contribution is 2.28. The van der Waals surface area contributed by atoms with Crippen molar-refractivity contribution in [2.24, 2.45) is 5.92 Å². The molecule has 0 atom stereocenters. The molecule has 1 N–H and O–H groups in total. The number of hydrogen-bond acceptors (Lipinski definition) is 4. The number of nitrogens with one attached hydrogen (secondary N) is 1. The topological polar surface area (TPSA) is 69.7 Å². The van der Waals surface area contributed by atoms with Crippen LogP contribution in [-0.4, -0.2) is 55.8 Å². The summed E-state index contributed by atoms with van der Waals surface area (Å²) in [5.74, 6) is 0.424. The molecule has 0 radical (unpaired) electrons. The van der Waals surface area contributed by atoms with E-state index in [2.05, 4.69) is 24.1 Å². The Balaban J connectivity index is 1.72. The second kappa shape index (κ2) is 9.58. The Morgan fingerprint density at radius 1 is 1.17 bits per heavy atom. The van der Waals surface area contributed by atoms with Crippen molar-refractivity contribution in [3.8, 4) is 0 Å². The Morgan fingerprint density at radius 3 is 2.41 bits per heavy atom. The zero-order chi connectivity index (χ0) is 21.0. The predicted octanol–water partition coefficient (Wildman–Crippen LogP) is 3.62. The fourth-order valence-corrected chi connectivity index (χ4v) is 5.78. The maximum atomic E-state index is 13.2. The summed E-state index contributed by atoms with van der Waals surface area (Å²) in [5.41, 5.74) is 1.26. The second-order valence-electron chi connectivity index (χ2n) is 8.90. The van der Waals surface area contributed by atoms with Crippen molar-refractivity contribution >= 4 is 21.6 Å². The van der Waals surface area contributed by atoms with Gasteiger partial charge in [-0.3, -0.25) is 9.69 Å². The Bertz CT molecular complexity index is 811. The Hall–Kier alpha value is -1.44. The van der Waals surface area contributed by atoms with Crippen LogP contribution >= 0.6 is 0 Å². The minimum Gasteiger partial charge on any atom is -0.325 e. The maximum absolute atomic E-state index is 13.2. The summed E-state index contributed by atoms with van der Waals surface area (Å²) in [6.45, 7) is 8.54. The average Bonchev–Trinajstić information content (AvgIpc) is 3.49. The normalized spacial score (nSPS) is 18.8. The standard InChI is InChI=1S/C22H35N3O3S/c1-17(2)15-24(20-10-11-20)16-22(26)23-19-9-8-18(3)21(14-19)29(27,28)25-12-6-4-5-7-13-25/h8-9,14,17,20H,4-7,10-13,15-16H2,1-3H3,(H,23,26). The molecular formula is C22H35N3O3S. The van der Waals surface area contributed by atoms with E-state index in [9.17, 15) is 13.2 Å². The largest absolute Gasteiger partial charge is 0.325 e. The zero-order valence-corrected chi connectivity index (χ0v) is 18.8. The van der Waals surface area contributed by atoms with Crippen molar-refractivity contribution in [3.05, 3.63) is 23.8 Å². The molecule has 1 aliphatic heterocycles. The monoisotopic (exact) mass is 421 g/mol. The van der Waals surface area contributed by atoms with Crippen LogP contribution in [0.2, 0.25) is 0 Å². The molecule has 1 heterocycles. The molecule has 0 spiro atoms. The molecule has 0 unspecified atom stereocenters. The number of carbonyl (C=O) groups is 1.